The summed E-state index contributed by atoms with van der Waals surface area (Å²) in [4.78, 5) is 30.5. The second-order valence-electron chi connectivity index (χ2n) is 14.2. The Hall–Kier alpha value is -5.96. The lowest BCUT2D eigenvalue weighted by Crippen LogP contribution is -2.26. The summed E-state index contributed by atoms with van der Waals surface area (Å²) in [6.07, 6.45) is 1.90. The zero-order valence-corrected chi connectivity index (χ0v) is 32.4. The van der Waals surface area contributed by atoms with E-state index in [4.69, 9.17) is 21.4 Å². The van der Waals surface area contributed by atoms with Gasteiger partial charge >= 0.3 is 6.09 Å². The van der Waals surface area contributed by atoms with Crippen molar-refractivity contribution in [2.24, 2.45) is 0 Å². The van der Waals surface area contributed by atoms with Gasteiger partial charge in [0.15, 0.2) is 6.29 Å². The van der Waals surface area contributed by atoms with Crippen molar-refractivity contribution >= 4 is 35.7 Å². The number of rotatable bonds is 10. The number of benzene rings is 5. The highest BCUT2D eigenvalue weighted by molar-refractivity contribution is 7.99. The summed E-state index contributed by atoms with van der Waals surface area (Å²) >= 11 is 8.44. The van der Waals surface area contributed by atoms with Gasteiger partial charge in [0.1, 0.15) is 11.6 Å². The highest BCUT2D eigenvalue weighted by Gasteiger charge is 2.31. The molecule has 0 unspecified atom stereocenters. The molecular formula is C47H37ClN4O3S. The molecule has 5 aromatic carbocycles. The van der Waals surface area contributed by atoms with E-state index in [-0.39, 0.29) is 25.0 Å². The summed E-state index contributed by atoms with van der Waals surface area (Å²) < 4.78 is 8.00. The van der Waals surface area contributed by atoms with Crippen molar-refractivity contribution in [2.45, 2.75) is 48.7 Å². The van der Waals surface area contributed by atoms with Crippen molar-refractivity contribution in [3.63, 3.8) is 0 Å². The molecule has 2 heterocycles. The molecule has 9 heteroatoms. The first-order valence-corrected chi connectivity index (χ1v) is 19.8. The number of nitrogens with one attached hydrogen (secondary N) is 1. The van der Waals surface area contributed by atoms with Crippen molar-refractivity contribution in [3.05, 3.63) is 177 Å². The number of fused-ring (bicyclic) bond motifs is 6. The van der Waals surface area contributed by atoms with Gasteiger partial charge in [0.05, 0.1) is 17.3 Å². The molecule has 0 atom stereocenters. The van der Waals surface area contributed by atoms with Crippen LogP contribution in [0.1, 0.15) is 61.4 Å². The molecule has 2 aliphatic rings. The van der Waals surface area contributed by atoms with Crippen molar-refractivity contribution in [1.82, 2.24) is 20.1 Å². The van der Waals surface area contributed by atoms with Crippen LogP contribution < -0.4 is 5.32 Å². The summed E-state index contributed by atoms with van der Waals surface area (Å²) in [6, 6.07) is 41.2. The van der Waals surface area contributed by atoms with Gasteiger partial charge in [-0.3, -0.25) is 9.48 Å². The summed E-state index contributed by atoms with van der Waals surface area (Å²) in [7, 11) is 0. The number of carbonyl (C=O) groups excluding carboxylic acids is 2. The van der Waals surface area contributed by atoms with E-state index >= 15 is 0 Å². The number of aldehydes is 1. The zero-order chi connectivity index (χ0) is 38.3. The molecule has 9 rings (SSSR count). The molecule has 1 N–H and O–H groups in total. The smallest absolute Gasteiger partial charge is 0.407 e. The standard InChI is InChI=1S/C47H37ClN4O3S/c1-28-44(29(2)52(51-28)25-41-37-17-7-3-13-33(37)34-14-4-8-18-38(34)41)31-22-32(45(43(48)23-31)56-46-30(26-53)12-11-21-49-46)24-50-47(54)55-27-42-39-19-9-5-15-35(39)36-16-6-10-20-40(36)42/h3-23,26,41-42H,24-25,27H2,1-2H3,(H,50,54). The monoisotopic (exact) mass is 772 g/mol. The van der Waals surface area contributed by atoms with Crippen LogP contribution in [0.5, 0.6) is 0 Å². The fourth-order valence-electron chi connectivity index (χ4n) is 8.45. The minimum Gasteiger partial charge on any atom is -0.449 e. The van der Waals surface area contributed by atoms with Crippen LogP contribution in [-0.4, -0.2) is 33.8 Å². The number of alkyl carbamates (subject to hydrolysis) is 1. The van der Waals surface area contributed by atoms with Crippen LogP contribution in [0.2, 0.25) is 5.02 Å². The summed E-state index contributed by atoms with van der Waals surface area (Å²) in [5.74, 6) is 0.106. The van der Waals surface area contributed by atoms with Crippen LogP contribution in [-0.2, 0) is 17.8 Å². The van der Waals surface area contributed by atoms with Gasteiger partial charge in [0.2, 0.25) is 0 Å². The molecule has 0 spiro atoms. The number of hydrogen-bond acceptors (Lipinski definition) is 6. The highest BCUT2D eigenvalue weighted by Crippen LogP contribution is 2.47. The van der Waals surface area contributed by atoms with Gasteiger partial charge in [-0.1, -0.05) is 120 Å². The zero-order valence-electron chi connectivity index (χ0n) is 30.8. The van der Waals surface area contributed by atoms with Gasteiger partial charge in [-0.25, -0.2) is 9.78 Å². The first-order chi connectivity index (χ1) is 27.4. The van der Waals surface area contributed by atoms with Gasteiger partial charge < -0.3 is 10.1 Å². The van der Waals surface area contributed by atoms with E-state index in [1.54, 1.807) is 18.3 Å². The fraction of sp³-hybridized carbons (Fsp3) is 0.149. The quantitative estimate of drug-likeness (QED) is 0.139. The molecule has 0 bridgehead atoms. The molecule has 0 fully saturated rings. The average Bonchev–Trinajstić information content (AvgIpc) is 3.83. The lowest BCUT2D eigenvalue weighted by atomic mass is 9.96. The van der Waals surface area contributed by atoms with Crippen molar-refractivity contribution in [2.75, 3.05) is 6.61 Å². The van der Waals surface area contributed by atoms with Gasteiger partial charge in [-0.05, 0) is 93.7 Å². The molecular weight excluding hydrogens is 736 g/mol. The number of pyridine rings is 1. The van der Waals surface area contributed by atoms with Crippen LogP contribution in [0.4, 0.5) is 4.79 Å². The number of ether oxygens (including phenoxy) is 1. The van der Waals surface area contributed by atoms with Crippen molar-refractivity contribution in [3.8, 4) is 33.4 Å². The maximum absolute atomic E-state index is 13.4. The second kappa shape index (κ2) is 14.9. The van der Waals surface area contributed by atoms with Crippen LogP contribution >= 0.6 is 23.4 Å². The number of hydrogen-bond donors (Lipinski definition) is 1. The minimum absolute atomic E-state index is 0.0587. The first-order valence-electron chi connectivity index (χ1n) is 18.6. The number of aromatic nitrogens is 3. The van der Waals surface area contributed by atoms with Gasteiger partial charge in [0, 0.05) is 46.3 Å². The number of halogens is 1. The Bertz CT molecular complexity index is 2580. The van der Waals surface area contributed by atoms with Crippen molar-refractivity contribution < 1.29 is 14.3 Å². The van der Waals surface area contributed by atoms with E-state index in [2.05, 4.69) is 94.7 Å². The summed E-state index contributed by atoms with van der Waals surface area (Å²) in [6.45, 7) is 5.14. The molecule has 7 nitrogen and oxygen atoms in total. The lowest BCUT2D eigenvalue weighted by molar-refractivity contribution is 0.112. The number of amides is 1. The maximum atomic E-state index is 13.4. The van der Waals surface area contributed by atoms with Crippen LogP contribution in [0.25, 0.3) is 33.4 Å². The van der Waals surface area contributed by atoms with Crippen LogP contribution in [0.3, 0.4) is 0 Å². The molecule has 0 radical (unpaired) electrons. The van der Waals surface area contributed by atoms with E-state index in [1.165, 1.54) is 45.1 Å². The number of nitrogens with zero attached hydrogens (tertiary/aromatic N) is 3. The maximum Gasteiger partial charge on any atom is 0.407 e. The van der Waals surface area contributed by atoms with E-state index in [0.29, 0.717) is 27.1 Å². The SMILES string of the molecule is Cc1nn(CC2c3ccccc3-c3ccccc32)c(C)c1-c1cc(Cl)c(Sc2ncccc2C=O)c(CNC(=O)OCC2c3ccccc3-c3ccccc32)c1. The largest absolute Gasteiger partial charge is 0.449 e. The molecule has 2 aromatic heterocycles. The Morgan fingerprint density at radius 1 is 0.804 bits per heavy atom. The number of carbonyl (C=O) groups is 2. The van der Waals surface area contributed by atoms with E-state index < -0.39 is 6.09 Å². The van der Waals surface area contributed by atoms with Gasteiger partial charge in [-0.15, -0.1) is 0 Å². The molecule has 276 valence electrons. The second-order valence-corrected chi connectivity index (χ2v) is 15.6. The topological polar surface area (TPSA) is 86.1 Å². The Labute approximate surface area is 334 Å². The molecule has 1 amide bonds. The minimum atomic E-state index is -0.534. The van der Waals surface area contributed by atoms with E-state index in [9.17, 15) is 9.59 Å². The van der Waals surface area contributed by atoms with E-state index in [0.717, 1.165) is 45.5 Å². The molecule has 0 aliphatic heterocycles. The Kier molecular flexibility index (Phi) is 9.53. The highest BCUT2D eigenvalue weighted by atomic mass is 35.5. The third kappa shape index (κ3) is 6.38. The molecule has 2 aliphatic carbocycles. The Morgan fingerprint density at radius 3 is 1.96 bits per heavy atom. The van der Waals surface area contributed by atoms with Crippen molar-refractivity contribution in [1.29, 1.82) is 0 Å². The third-order valence-corrected chi connectivity index (χ3v) is 12.6. The Balaban J connectivity index is 1.01. The molecule has 0 saturated heterocycles. The summed E-state index contributed by atoms with van der Waals surface area (Å²) in [5.41, 5.74) is 14.8. The fourth-order valence-corrected chi connectivity index (χ4v) is 9.77. The molecule has 0 saturated carbocycles. The summed E-state index contributed by atoms with van der Waals surface area (Å²) in [5, 5.41) is 9.06. The van der Waals surface area contributed by atoms with Gasteiger partial charge in [0.25, 0.3) is 0 Å². The molecule has 7 aromatic rings. The predicted octanol–water partition coefficient (Wildman–Crippen LogP) is 11.0. The van der Waals surface area contributed by atoms with Crippen LogP contribution in [0, 0.1) is 13.8 Å². The normalized spacial score (nSPS) is 12.8. The lowest BCUT2D eigenvalue weighted by Gasteiger charge is -2.17. The average molecular weight is 773 g/mol. The van der Waals surface area contributed by atoms with Crippen LogP contribution in [0.15, 0.2) is 137 Å². The third-order valence-electron chi connectivity index (χ3n) is 11.0. The number of aryl methyl sites for hydroxylation is 1. The van der Waals surface area contributed by atoms with Gasteiger partial charge in [-0.2, -0.15) is 5.10 Å². The predicted molar refractivity (Wildman–Crippen MR) is 222 cm³/mol. The van der Waals surface area contributed by atoms with E-state index in [1.807, 2.05) is 43.3 Å². The Morgan fingerprint density at radius 2 is 1.38 bits per heavy atom. The first kappa shape index (κ1) is 35.7. The molecule has 56 heavy (non-hydrogen) atoms.